The molecular weight excluding hydrogens is 304 g/mol. The number of hydrogen-bond donors (Lipinski definition) is 0. The molecule has 132 valence electrons. The maximum absolute atomic E-state index is 13.1. The first-order chi connectivity index (χ1) is 11.7. The Kier molecular flexibility index (Phi) is 4.35. The van der Waals surface area contributed by atoms with Gasteiger partial charge >= 0.3 is 0 Å². The van der Waals surface area contributed by atoms with Gasteiger partial charge in [0.15, 0.2) is 0 Å². The van der Waals surface area contributed by atoms with E-state index in [-0.39, 0.29) is 11.3 Å². The molecule has 3 heterocycles. The van der Waals surface area contributed by atoms with Crippen molar-refractivity contribution in [1.82, 2.24) is 19.6 Å². The van der Waals surface area contributed by atoms with Crippen LogP contribution in [0.25, 0.3) is 0 Å². The van der Waals surface area contributed by atoms with Crippen LogP contribution in [0.5, 0.6) is 0 Å². The normalized spacial score (nSPS) is 31.2. The fourth-order valence-corrected chi connectivity index (χ4v) is 4.95. The molecule has 6 heteroatoms. The Morgan fingerprint density at radius 2 is 2.17 bits per heavy atom. The molecule has 3 fully saturated rings. The standard InChI is InChI=1S/C18H28N4O2/c1-20-12-15(11-19-20)13-21-6-5-18(14-21)4-2-3-16(18)17(23)22-7-9-24-10-8-22/h11-12,16H,2-10,13-14H2,1H3/t16-,18+/m1/s1. The Hall–Kier alpha value is -1.40. The molecule has 1 saturated carbocycles. The van der Waals surface area contributed by atoms with Crippen LogP contribution in [-0.2, 0) is 23.1 Å². The maximum Gasteiger partial charge on any atom is 0.226 e. The lowest BCUT2D eigenvalue weighted by atomic mass is 9.76. The first kappa shape index (κ1) is 16.1. The molecule has 24 heavy (non-hydrogen) atoms. The Bertz CT molecular complexity index is 596. The highest BCUT2D eigenvalue weighted by Gasteiger charge is 2.51. The van der Waals surface area contributed by atoms with E-state index in [1.807, 2.05) is 22.8 Å². The van der Waals surface area contributed by atoms with Gasteiger partial charge in [-0.25, -0.2) is 0 Å². The van der Waals surface area contributed by atoms with E-state index in [1.165, 1.54) is 18.4 Å². The highest BCUT2D eigenvalue weighted by atomic mass is 16.5. The highest BCUT2D eigenvalue weighted by Crippen LogP contribution is 2.50. The molecule has 1 amide bonds. The van der Waals surface area contributed by atoms with Gasteiger partial charge in [0, 0.05) is 50.9 Å². The number of hydrogen-bond acceptors (Lipinski definition) is 4. The van der Waals surface area contributed by atoms with Gasteiger partial charge in [-0.15, -0.1) is 0 Å². The first-order valence-corrected chi connectivity index (χ1v) is 9.23. The zero-order chi connectivity index (χ0) is 16.6. The van der Waals surface area contributed by atoms with Crippen LogP contribution in [0.3, 0.4) is 0 Å². The second-order valence-electron chi connectivity index (χ2n) is 7.73. The summed E-state index contributed by atoms with van der Waals surface area (Å²) < 4.78 is 7.27. The minimum Gasteiger partial charge on any atom is -0.378 e. The Morgan fingerprint density at radius 1 is 1.33 bits per heavy atom. The largest absolute Gasteiger partial charge is 0.378 e. The fraction of sp³-hybridized carbons (Fsp3) is 0.778. The van der Waals surface area contributed by atoms with E-state index >= 15 is 0 Å². The van der Waals surface area contributed by atoms with Gasteiger partial charge in [0.25, 0.3) is 0 Å². The van der Waals surface area contributed by atoms with Crippen molar-refractivity contribution in [2.75, 3.05) is 39.4 Å². The average Bonchev–Trinajstić information content (AvgIpc) is 3.30. The molecule has 0 bridgehead atoms. The maximum atomic E-state index is 13.1. The first-order valence-electron chi connectivity index (χ1n) is 9.23. The summed E-state index contributed by atoms with van der Waals surface area (Å²) in [6.45, 7) is 6.03. The van der Waals surface area contributed by atoms with Crippen molar-refractivity contribution in [3.8, 4) is 0 Å². The summed E-state index contributed by atoms with van der Waals surface area (Å²) in [4.78, 5) is 17.6. The second kappa shape index (κ2) is 6.48. The van der Waals surface area contributed by atoms with Crippen LogP contribution in [0.15, 0.2) is 12.4 Å². The molecule has 0 unspecified atom stereocenters. The van der Waals surface area contributed by atoms with Crippen LogP contribution in [0.4, 0.5) is 0 Å². The van der Waals surface area contributed by atoms with Crippen LogP contribution in [0.2, 0.25) is 0 Å². The van der Waals surface area contributed by atoms with Crippen molar-refractivity contribution < 1.29 is 9.53 Å². The number of morpholine rings is 1. The molecule has 1 aliphatic carbocycles. The van der Waals surface area contributed by atoms with E-state index in [0.29, 0.717) is 19.1 Å². The third-order valence-electron chi connectivity index (χ3n) is 6.16. The van der Waals surface area contributed by atoms with Crippen LogP contribution in [0.1, 0.15) is 31.2 Å². The van der Waals surface area contributed by atoms with Gasteiger partial charge in [-0.1, -0.05) is 6.42 Å². The molecule has 1 spiro atoms. The lowest BCUT2D eigenvalue weighted by molar-refractivity contribution is -0.143. The highest BCUT2D eigenvalue weighted by molar-refractivity contribution is 5.80. The van der Waals surface area contributed by atoms with Crippen molar-refractivity contribution >= 4 is 5.91 Å². The number of nitrogens with zero attached hydrogens (tertiary/aromatic N) is 4. The SMILES string of the molecule is Cn1cc(CN2CC[C@@]3(CCC[C@@H]3C(=O)N3CCOCC3)C2)cn1. The molecule has 0 N–H and O–H groups in total. The summed E-state index contributed by atoms with van der Waals surface area (Å²) in [5, 5.41) is 4.27. The average molecular weight is 332 g/mol. The number of carbonyl (C=O) groups is 1. The Labute approximate surface area is 143 Å². The second-order valence-corrected chi connectivity index (χ2v) is 7.73. The van der Waals surface area contributed by atoms with Crippen molar-refractivity contribution in [2.24, 2.45) is 18.4 Å². The molecule has 6 nitrogen and oxygen atoms in total. The minimum atomic E-state index is 0.206. The molecule has 2 atom stereocenters. The molecule has 1 aromatic heterocycles. The summed E-state index contributed by atoms with van der Waals surface area (Å²) in [6.07, 6.45) is 8.68. The lowest BCUT2D eigenvalue weighted by Crippen LogP contribution is -2.47. The van der Waals surface area contributed by atoms with Gasteiger partial charge < -0.3 is 9.64 Å². The third kappa shape index (κ3) is 2.97. The monoisotopic (exact) mass is 332 g/mol. The molecule has 3 aliphatic rings. The van der Waals surface area contributed by atoms with Gasteiger partial charge in [-0.05, 0) is 31.2 Å². The Morgan fingerprint density at radius 3 is 2.92 bits per heavy atom. The van der Waals surface area contributed by atoms with Gasteiger partial charge in [0.1, 0.15) is 0 Å². The van der Waals surface area contributed by atoms with Crippen LogP contribution in [-0.4, -0.2) is 64.9 Å². The predicted molar refractivity (Wildman–Crippen MR) is 90.3 cm³/mol. The molecule has 2 saturated heterocycles. The summed E-state index contributed by atoms with van der Waals surface area (Å²) in [7, 11) is 1.96. The van der Waals surface area contributed by atoms with Crippen molar-refractivity contribution in [3.63, 3.8) is 0 Å². The van der Waals surface area contributed by atoms with Crippen LogP contribution < -0.4 is 0 Å². The van der Waals surface area contributed by atoms with E-state index in [2.05, 4.69) is 16.2 Å². The van der Waals surface area contributed by atoms with Crippen molar-refractivity contribution in [3.05, 3.63) is 18.0 Å². The van der Waals surface area contributed by atoms with Crippen LogP contribution in [0, 0.1) is 11.3 Å². The van der Waals surface area contributed by atoms with Gasteiger partial charge in [0.2, 0.25) is 5.91 Å². The number of ether oxygens (including phenoxy) is 1. The molecule has 4 rings (SSSR count). The van der Waals surface area contributed by atoms with E-state index < -0.39 is 0 Å². The number of carbonyl (C=O) groups excluding carboxylic acids is 1. The molecule has 2 aliphatic heterocycles. The molecule has 0 radical (unpaired) electrons. The summed E-state index contributed by atoms with van der Waals surface area (Å²) in [5.41, 5.74) is 1.47. The molecule has 0 aromatic carbocycles. The van der Waals surface area contributed by atoms with Gasteiger partial charge in [0.05, 0.1) is 19.4 Å². The number of aryl methyl sites for hydroxylation is 1. The quantitative estimate of drug-likeness (QED) is 0.836. The summed E-state index contributed by atoms with van der Waals surface area (Å²) >= 11 is 0. The fourth-order valence-electron chi connectivity index (χ4n) is 4.95. The predicted octanol–water partition coefficient (Wildman–Crippen LogP) is 1.27. The number of rotatable bonds is 3. The molecule has 1 aromatic rings. The Balaban J connectivity index is 1.43. The van der Waals surface area contributed by atoms with E-state index in [9.17, 15) is 4.79 Å². The van der Waals surface area contributed by atoms with E-state index in [1.54, 1.807) is 0 Å². The summed E-state index contributed by atoms with van der Waals surface area (Å²) in [6, 6.07) is 0. The van der Waals surface area contributed by atoms with E-state index in [4.69, 9.17) is 4.74 Å². The number of amides is 1. The number of likely N-dealkylation sites (tertiary alicyclic amines) is 1. The lowest BCUT2D eigenvalue weighted by Gasteiger charge is -2.36. The molecular formula is C18H28N4O2. The zero-order valence-electron chi connectivity index (χ0n) is 14.6. The smallest absolute Gasteiger partial charge is 0.226 e. The third-order valence-corrected chi connectivity index (χ3v) is 6.16. The van der Waals surface area contributed by atoms with Crippen molar-refractivity contribution in [1.29, 1.82) is 0 Å². The van der Waals surface area contributed by atoms with Crippen LogP contribution >= 0.6 is 0 Å². The van der Waals surface area contributed by atoms with E-state index in [0.717, 1.165) is 45.6 Å². The topological polar surface area (TPSA) is 50.6 Å². The minimum absolute atomic E-state index is 0.206. The summed E-state index contributed by atoms with van der Waals surface area (Å²) in [5.74, 6) is 0.605. The number of aromatic nitrogens is 2. The zero-order valence-corrected chi connectivity index (χ0v) is 14.6. The van der Waals surface area contributed by atoms with Crippen molar-refractivity contribution in [2.45, 2.75) is 32.2 Å². The van der Waals surface area contributed by atoms with Gasteiger partial charge in [-0.3, -0.25) is 14.4 Å². The van der Waals surface area contributed by atoms with Gasteiger partial charge in [-0.2, -0.15) is 5.10 Å².